The number of nitrogens with one attached hydrogen (secondary N) is 1. The Hall–Kier alpha value is -1.32. The van der Waals surface area contributed by atoms with E-state index in [9.17, 15) is 0 Å². The maximum atomic E-state index is 4.07. The molecule has 0 atom stereocenters. The van der Waals surface area contributed by atoms with Gasteiger partial charge < -0.3 is 0 Å². The summed E-state index contributed by atoms with van der Waals surface area (Å²) in [6.07, 6.45) is 5.23. The fourth-order valence-corrected chi connectivity index (χ4v) is 1.26. The fourth-order valence-electron chi connectivity index (χ4n) is 1.26. The van der Waals surface area contributed by atoms with Crippen LogP contribution >= 0.6 is 0 Å². The Kier molecular flexibility index (Phi) is 1.81. The molecular weight excluding hydrogens is 152 g/mol. The molecule has 4 heteroatoms. The Balaban J connectivity index is 2.28. The van der Waals surface area contributed by atoms with E-state index >= 15 is 0 Å². The van der Waals surface area contributed by atoms with Crippen molar-refractivity contribution in [2.24, 2.45) is 0 Å². The highest BCUT2D eigenvalue weighted by Crippen LogP contribution is 2.04. The van der Waals surface area contributed by atoms with Crippen molar-refractivity contribution in [2.75, 3.05) is 0 Å². The van der Waals surface area contributed by atoms with E-state index in [2.05, 4.69) is 22.2 Å². The van der Waals surface area contributed by atoms with Gasteiger partial charge in [-0.2, -0.15) is 0 Å². The van der Waals surface area contributed by atoms with Crippen molar-refractivity contribution in [3.8, 4) is 0 Å². The van der Waals surface area contributed by atoms with Crippen molar-refractivity contribution in [1.29, 1.82) is 0 Å². The standard InChI is InChI=1S/C8H12N4/c1-2-3-4-7-10-11-8-5-6-9-12(7)8/h5-6,9H,2-4H2,1H3. The number of aromatic nitrogens is 4. The number of hydrogen-bond donors (Lipinski definition) is 1. The highest BCUT2D eigenvalue weighted by Gasteiger charge is 2.03. The quantitative estimate of drug-likeness (QED) is 0.745. The molecule has 2 aromatic heterocycles. The zero-order valence-electron chi connectivity index (χ0n) is 7.12. The number of fused-ring (bicyclic) bond motifs is 1. The lowest BCUT2D eigenvalue weighted by atomic mass is 10.2. The molecule has 0 bridgehead atoms. The maximum Gasteiger partial charge on any atom is 0.177 e. The highest BCUT2D eigenvalue weighted by atomic mass is 15.4. The van der Waals surface area contributed by atoms with Crippen LogP contribution < -0.4 is 0 Å². The number of nitrogens with zero attached hydrogens (tertiary/aromatic N) is 3. The first-order valence-corrected chi connectivity index (χ1v) is 4.29. The van der Waals surface area contributed by atoms with Gasteiger partial charge in [-0.05, 0) is 6.42 Å². The second kappa shape index (κ2) is 2.97. The van der Waals surface area contributed by atoms with E-state index in [1.807, 2.05) is 16.8 Å². The lowest BCUT2D eigenvalue weighted by Gasteiger charge is -1.93. The number of H-pyrrole nitrogens is 1. The van der Waals surface area contributed by atoms with Crippen LogP contribution in [0.3, 0.4) is 0 Å². The van der Waals surface area contributed by atoms with E-state index in [4.69, 9.17) is 0 Å². The molecule has 4 nitrogen and oxygen atoms in total. The van der Waals surface area contributed by atoms with Crippen LogP contribution in [0.2, 0.25) is 0 Å². The molecule has 0 radical (unpaired) electrons. The third-order valence-electron chi connectivity index (χ3n) is 1.95. The van der Waals surface area contributed by atoms with Crippen LogP contribution in [-0.4, -0.2) is 19.8 Å². The Morgan fingerprint density at radius 1 is 1.50 bits per heavy atom. The molecule has 2 aromatic rings. The summed E-state index contributed by atoms with van der Waals surface area (Å²) in [5, 5.41) is 11.2. The zero-order chi connectivity index (χ0) is 8.39. The summed E-state index contributed by atoms with van der Waals surface area (Å²) >= 11 is 0. The van der Waals surface area contributed by atoms with Gasteiger partial charge in [-0.3, -0.25) is 5.10 Å². The van der Waals surface area contributed by atoms with Crippen LogP contribution in [0.1, 0.15) is 25.6 Å². The van der Waals surface area contributed by atoms with Gasteiger partial charge in [0.2, 0.25) is 0 Å². The average molecular weight is 164 g/mol. The molecule has 12 heavy (non-hydrogen) atoms. The molecule has 1 N–H and O–H groups in total. The van der Waals surface area contributed by atoms with Gasteiger partial charge in [-0.15, -0.1) is 10.2 Å². The van der Waals surface area contributed by atoms with Crippen molar-refractivity contribution >= 4 is 5.65 Å². The van der Waals surface area contributed by atoms with Gasteiger partial charge in [0.1, 0.15) is 0 Å². The molecule has 0 amide bonds. The predicted octanol–water partition coefficient (Wildman–Crippen LogP) is 1.40. The summed E-state index contributed by atoms with van der Waals surface area (Å²) in [6, 6.07) is 1.92. The Morgan fingerprint density at radius 2 is 2.42 bits per heavy atom. The van der Waals surface area contributed by atoms with Crippen LogP contribution in [0.4, 0.5) is 0 Å². The summed E-state index contributed by atoms with van der Waals surface area (Å²) in [5.74, 6) is 1.02. The Labute approximate surface area is 70.6 Å². The lowest BCUT2D eigenvalue weighted by Crippen LogP contribution is -1.94. The van der Waals surface area contributed by atoms with Crippen molar-refractivity contribution in [3.05, 3.63) is 18.1 Å². The van der Waals surface area contributed by atoms with E-state index < -0.39 is 0 Å². The molecule has 0 spiro atoms. The number of aryl methyl sites for hydroxylation is 1. The van der Waals surface area contributed by atoms with Crippen molar-refractivity contribution < 1.29 is 0 Å². The van der Waals surface area contributed by atoms with Crippen LogP contribution in [0.15, 0.2) is 12.3 Å². The summed E-state index contributed by atoms with van der Waals surface area (Å²) in [6.45, 7) is 2.17. The van der Waals surface area contributed by atoms with Crippen LogP contribution in [-0.2, 0) is 6.42 Å². The highest BCUT2D eigenvalue weighted by molar-refractivity contribution is 5.34. The van der Waals surface area contributed by atoms with E-state index in [0.29, 0.717) is 0 Å². The zero-order valence-corrected chi connectivity index (χ0v) is 7.12. The van der Waals surface area contributed by atoms with Gasteiger partial charge >= 0.3 is 0 Å². The molecule has 0 unspecified atom stereocenters. The first-order valence-electron chi connectivity index (χ1n) is 4.29. The number of aromatic amines is 1. The average Bonchev–Trinajstić information content (AvgIpc) is 2.62. The van der Waals surface area contributed by atoms with Crippen LogP contribution in [0.5, 0.6) is 0 Å². The van der Waals surface area contributed by atoms with E-state index in [1.54, 1.807) is 0 Å². The first-order chi connectivity index (χ1) is 5.92. The summed E-state index contributed by atoms with van der Waals surface area (Å²) in [5.41, 5.74) is 0.904. The van der Waals surface area contributed by atoms with Crippen molar-refractivity contribution in [2.45, 2.75) is 26.2 Å². The summed E-state index contributed by atoms with van der Waals surface area (Å²) in [7, 11) is 0. The Morgan fingerprint density at radius 3 is 3.25 bits per heavy atom. The van der Waals surface area contributed by atoms with Crippen LogP contribution in [0.25, 0.3) is 5.65 Å². The smallest absolute Gasteiger partial charge is 0.177 e. The maximum absolute atomic E-state index is 4.07. The van der Waals surface area contributed by atoms with E-state index in [1.165, 1.54) is 12.8 Å². The summed E-state index contributed by atoms with van der Waals surface area (Å²) < 4.78 is 1.93. The minimum atomic E-state index is 0.904. The molecule has 0 saturated heterocycles. The molecular formula is C8H12N4. The minimum absolute atomic E-state index is 0.904. The normalized spacial score (nSPS) is 11.1. The molecule has 64 valence electrons. The monoisotopic (exact) mass is 164 g/mol. The third kappa shape index (κ3) is 1.09. The van der Waals surface area contributed by atoms with Gasteiger partial charge in [0, 0.05) is 18.7 Å². The van der Waals surface area contributed by atoms with Gasteiger partial charge in [0.15, 0.2) is 11.5 Å². The van der Waals surface area contributed by atoms with E-state index in [0.717, 1.165) is 17.9 Å². The second-order valence-corrected chi connectivity index (χ2v) is 2.88. The predicted molar refractivity (Wildman–Crippen MR) is 45.9 cm³/mol. The first kappa shape index (κ1) is 7.34. The van der Waals surface area contributed by atoms with E-state index in [-0.39, 0.29) is 0 Å². The molecule has 2 rings (SSSR count). The molecule has 0 aliphatic carbocycles. The molecule has 0 aromatic carbocycles. The third-order valence-corrected chi connectivity index (χ3v) is 1.95. The number of hydrogen-bond acceptors (Lipinski definition) is 2. The van der Waals surface area contributed by atoms with Gasteiger partial charge in [-0.25, -0.2) is 4.52 Å². The Bertz CT molecular complexity index is 360. The molecule has 0 fully saturated rings. The summed E-state index contributed by atoms with van der Waals surface area (Å²) in [4.78, 5) is 0. The minimum Gasteiger partial charge on any atom is -0.298 e. The largest absolute Gasteiger partial charge is 0.298 e. The fraction of sp³-hybridized carbons (Fsp3) is 0.500. The molecule has 0 aliphatic rings. The van der Waals surface area contributed by atoms with Gasteiger partial charge in [0.05, 0.1) is 0 Å². The molecule has 0 saturated carbocycles. The van der Waals surface area contributed by atoms with Gasteiger partial charge in [-0.1, -0.05) is 13.3 Å². The number of rotatable bonds is 3. The SMILES string of the molecule is CCCCc1nnc2cc[nH]n12. The topological polar surface area (TPSA) is 46.0 Å². The second-order valence-electron chi connectivity index (χ2n) is 2.88. The molecule has 0 aliphatic heterocycles. The van der Waals surface area contributed by atoms with Crippen LogP contribution in [0, 0.1) is 0 Å². The van der Waals surface area contributed by atoms with Crippen molar-refractivity contribution in [3.63, 3.8) is 0 Å². The van der Waals surface area contributed by atoms with Crippen molar-refractivity contribution in [1.82, 2.24) is 19.8 Å². The molecule has 2 heterocycles. The number of unbranched alkanes of at least 4 members (excludes halogenated alkanes) is 1. The van der Waals surface area contributed by atoms with Gasteiger partial charge in [0.25, 0.3) is 0 Å². The lowest BCUT2D eigenvalue weighted by molar-refractivity contribution is 0.722.